The van der Waals surface area contributed by atoms with Gasteiger partial charge in [-0.15, -0.1) is 0 Å². The topological polar surface area (TPSA) is 60.4 Å². The minimum atomic E-state index is -0.351. The smallest absolute Gasteiger partial charge is 0.303 e. The fourth-order valence-corrected chi connectivity index (χ4v) is 6.30. The van der Waals surface area contributed by atoms with Gasteiger partial charge in [0, 0.05) is 24.2 Å². The Hall–Kier alpha value is -1.71. The van der Waals surface area contributed by atoms with E-state index < -0.39 is 0 Å². The number of ketones is 2. The second-order valence-electron chi connectivity index (χ2n) is 8.75. The Morgan fingerprint density at radius 1 is 1.20 bits per heavy atom. The highest BCUT2D eigenvalue weighted by Crippen LogP contribution is 2.63. The number of carbonyl (C=O) groups excluding carboxylic acids is 3. The first-order valence-electron chi connectivity index (χ1n) is 9.41. The van der Waals surface area contributed by atoms with Crippen LogP contribution in [0.15, 0.2) is 23.8 Å². The molecule has 4 aliphatic carbocycles. The molecule has 0 aromatic carbocycles. The highest BCUT2D eigenvalue weighted by Gasteiger charge is 2.60. The second kappa shape index (κ2) is 5.39. The van der Waals surface area contributed by atoms with E-state index >= 15 is 0 Å². The summed E-state index contributed by atoms with van der Waals surface area (Å²) in [4.78, 5) is 36.2. The third-order valence-electron chi connectivity index (χ3n) is 7.57. The van der Waals surface area contributed by atoms with Crippen LogP contribution in [0.4, 0.5) is 0 Å². The molecule has 0 unspecified atom stereocenters. The summed E-state index contributed by atoms with van der Waals surface area (Å²) >= 11 is 0. The molecular weight excluding hydrogens is 316 g/mol. The normalized spacial score (nSPS) is 45.3. The van der Waals surface area contributed by atoms with E-state index in [-0.39, 0.29) is 28.7 Å². The molecule has 0 bridgehead atoms. The molecule has 3 fully saturated rings. The SMILES string of the molecule is CC(=O)O[C@H]1C[C@@H]2[C@H](CC[C@]3(C)C(=O)CC[C@@H]23)[C@@]2(C)C=CC(=O)C=C12. The lowest BCUT2D eigenvalue weighted by Gasteiger charge is -2.57. The first kappa shape index (κ1) is 16.7. The molecule has 0 heterocycles. The summed E-state index contributed by atoms with van der Waals surface area (Å²) in [6, 6.07) is 0. The maximum atomic E-state index is 12.5. The molecule has 4 heteroatoms. The molecule has 3 saturated carbocycles. The molecule has 6 atom stereocenters. The van der Waals surface area contributed by atoms with Crippen LogP contribution in [0.25, 0.3) is 0 Å². The number of allylic oxidation sites excluding steroid dienone is 3. The van der Waals surface area contributed by atoms with E-state index in [0.717, 1.165) is 31.3 Å². The van der Waals surface area contributed by atoms with Gasteiger partial charge in [0.05, 0.1) is 0 Å². The van der Waals surface area contributed by atoms with Gasteiger partial charge >= 0.3 is 5.97 Å². The van der Waals surface area contributed by atoms with Crippen molar-refractivity contribution in [3.63, 3.8) is 0 Å². The van der Waals surface area contributed by atoms with Crippen molar-refractivity contribution < 1.29 is 19.1 Å². The van der Waals surface area contributed by atoms with Crippen LogP contribution in [-0.4, -0.2) is 23.6 Å². The number of hydrogen-bond acceptors (Lipinski definition) is 4. The molecule has 0 amide bonds. The number of ether oxygens (including phenoxy) is 1. The summed E-state index contributed by atoms with van der Waals surface area (Å²) in [7, 11) is 0. The van der Waals surface area contributed by atoms with Crippen LogP contribution in [-0.2, 0) is 19.1 Å². The van der Waals surface area contributed by atoms with Crippen LogP contribution >= 0.6 is 0 Å². The summed E-state index contributed by atoms with van der Waals surface area (Å²) in [5, 5.41) is 0. The monoisotopic (exact) mass is 342 g/mol. The average molecular weight is 342 g/mol. The van der Waals surface area contributed by atoms with Crippen LogP contribution in [0, 0.1) is 28.6 Å². The Labute approximate surface area is 148 Å². The van der Waals surface area contributed by atoms with Crippen LogP contribution in [0.1, 0.15) is 52.9 Å². The van der Waals surface area contributed by atoms with E-state index in [4.69, 9.17) is 4.74 Å². The van der Waals surface area contributed by atoms with Gasteiger partial charge in [-0.05, 0) is 61.2 Å². The van der Waals surface area contributed by atoms with Crippen molar-refractivity contribution in [2.24, 2.45) is 28.6 Å². The Morgan fingerprint density at radius 3 is 2.68 bits per heavy atom. The summed E-state index contributed by atoms with van der Waals surface area (Å²) in [6.07, 6.45) is 9.29. The molecule has 4 nitrogen and oxygen atoms in total. The van der Waals surface area contributed by atoms with Gasteiger partial charge in [-0.2, -0.15) is 0 Å². The number of fused-ring (bicyclic) bond motifs is 5. The Bertz CT molecular complexity index is 717. The Kier molecular flexibility index (Phi) is 3.61. The summed E-state index contributed by atoms with van der Waals surface area (Å²) in [5.41, 5.74) is 0.474. The zero-order valence-electron chi connectivity index (χ0n) is 15.2. The number of rotatable bonds is 1. The molecule has 4 rings (SSSR count). The lowest BCUT2D eigenvalue weighted by atomic mass is 9.48. The molecule has 134 valence electrons. The van der Waals surface area contributed by atoms with Crippen LogP contribution in [0.3, 0.4) is 0 Å². The lowest BCUT2D eigenvalue weighted by molar-refractivity contribution is -0.151. The van der Waals surface area contributed by atoms with Gasteiger partial charge in [0.2, 0.25) is 0 Å². The van der Waals surface area contributed by atoms with E-state index in [1.54, 1.807) is 12.2 Å². The lowest BCUT2D eigenvalue weighted by Crippen LogP contribution is -2.53. The predicted molar refractivity (Wildman–Crippen MR) is 92.6 cm³/mol. The van der Waals surface area contributed by atoms with Gasteiger partial charge in [0.25, 0.3) is 0 Å². The number of carbonyl (C=O) groups is 3. The van der Waals surface area contributed by atoms with Gasteiger partial charge < -0.3 is 4.74 Å². The highest BCUT2D eigenvalue weighted by atomic mass is 16.5. The maximum Gasteiger partial charge on any atom is 0.303 e. The molecular formula is C21H26O4. The van der Waals surface area contributed by atoms with Crippen molar-refractivity contribution in [2.75, 3.05) is 0 Å². The minimum Gasteiger partial charge on any atom is -0.458 e. The van der Waals surface area contributed by atoms with Crippen molar-refractivity contribution >= 4 is 17.5 Å². The van der Waals surface area contributed by atoms with E-state index in [2.05, 4.69) is 13.8 Å². The van der Waals surface area contributed by atoms with Gasteiger partial charge in [0.15, 0.2) is 5.78 Å². The maximum absolute atomic E-state index is 12.5. The van der Waals surface area contributed by atoms with Crippen molar-refractivity contribution in [2.45, 2.75) is 59.0 Å². The zero-order chi connectivity index (χ0) is 18.0. The molecule has 0 aliphatic heterocycles. The van der Waals surface area contributed by atoms with Crippen molar-refractivity contribution in [3.05, 3.63) is 23.8 Å². The minimum absolute atomic E-state index is 0.0280. The molecule has 4 aliphatic rings. The van der Waals surface area contributed by atoms with Gasteiger partial charge in [-0.1, -0.05) is 19.9 Å². The molecule has 0 spiro atoms. The molecule has 25 heavy (non-hydrogen) atoms. The first-order valence-corrected chi connectivity index (χ1v) is 9.41. The third kappa shape index (κ3) is 2.29. The van der Waals surface area contributed by atoms with Crippen molar-refractivity contribution in [1.82, 2.24) is 0 Å². The highest BCUT2D eigenvalue weighted by molar-refractivity contribution is 6.01. The van der Waals surface area contributed by atoms with E-state index in [9.17, 15) is 14.4 Å². The molecule has 0 N–H and O–H groups in total. The fourth-order valence-electron chi connectivity index (χ4n) is 6.30. The summed E-state index contributed by atoms with van der Waals surface area (Å²) in [6.45, 7) is 5.74. The zero-order valence-corrected chi connectivity index (χ0v) is 15.2. The van der Waals surface area contributed by atoms with Gasteiger partial charge in [-0.3, -0.25) is 14.4 Å². The second-order valence-corrected chi connectivity index (χ2v) is 8.75. The van der Waals surface area contributed by atoms with Crippen LogP contribution in [0.2, 0.25) is 0 Å². The summed E-state index contributed by atoms with van der Waals surface area (Å²) in [5.74, 6) is 1.19. The van der Waals surface area contributed by atoms with Crippen LogP contribution < -0.4 is 0 Å². The first-order chi connectivity index (χ1) is 11.8. The number of Topliss-reactive ketones (excluding diaryl/α,β-unsaturated/α-hetero) is 1. The number of esters is 1. The van der Waals surface area contributed by atoms with Gasteiger partial charge in [-0.25, -0.2) is 0 Å². The molecule has 0 radical (unpaired) electrons. The standard InChI is InChI=1S/C21H26O4/c1-12(22)25-18-11-14-15-4-5-19(24)21(15,3)9-7-16(14)20(2)8-6-13(23)10-17(18)20/h6,8,10,14-16,18H,4-5,7,9,11H2,1-3H3/t14-,15-,16-,18-,20+,21-/m0/s1. The number of hydrogen-bond donors (Lipinski definition) is 0. The molecule has 0 saturated heterocycles. The van der Waals surface area contributed by atoms with E-state index in [1.807, 2.05) is 6.08 Å². The predicted octanol–water partition coefficient (Wildman–Crippen LogP) is 3.41. The fraction of sp³-hybridized carbons (Fsp3) is 0.667. The average Bonchev–Trinajstić information content (AvgIpc) is 2.84. The quantitative estimate of drug-likeness (QED) is 0.685. The van der Waals surface area contributed by atoms with Gasteiger partial charge in [0.1, 0.15) is 11.9 Å². The Balaban J connectivity index is 1.76. The van der Waals surface area contributed by atoms with Crippen LogP contribution in [0.5, 0.6) is 0 Å². The van der Waals surface area contributed by atoms with E-state index in [0.29, 0.717) is 30.0 Å². The molecule has 0 aromatic heterocycles. The third-order valence-corrected chi connectivity index (χ3v) is 7.57. The van der Waals surface area contributed by atoms with E-state index in [1.165, 1.54) is 6.92 Å². The molecule has 0 aromatic rings. The Morgan fingerprint density at radius 2 is 1.96 bits per heavy atom. The van der Waals surface area contributed by atoms with Crippen molar-refractivity contribution in [1.29, 1.82) is 0 Å². The van der Waals surface area contributed by atoms with Crippen molar-refractivity contribution in [3.8, 4) is 0 Å². The largest absolute Gasteiger partial charge is 0.458 e. The summed E-state index contributed by atoms with van der Waals surface area (Å²) < 4.78 is 5.65.